The summed E-state index contributed by atoms with van der Waals surface area (Å²) in [4.78, 5) is 33.3. The summed E-state index contributed by atoms with van der Waals surface area (Å²) >= 11 is 1.40. The van der Waals surface area contributed by atoms with Crippen LogP contribution in [0.4, 0.5) is 0 Å². The summed E-state index contributed by atoms with van der Waals surface area (Å²) in [6.07, 6.45) is 1.56. The molecule has 3 aromatic rings. The number of H-pyrrole nitrogens is 1. The molecule has 4 rings (SSSR count). The number of aryl methyl sites for hydroxylation is 2. The van der Waals surface area contributed by atoms with Gasteiger partial charge in [0.2, 0.25) is 10.0 Å². The van der Waals surface area contributed by atoms with Crippen molar-refractivity contribution < 1.29 is 22.7 Å². The Hall–Kier alpha value is -2.76. The monoisotopic (exact) mass is 463 g/mol. The number of hydrogen-bond acceptors (Lipinski definition) is 8. The zero-order valence-corrected chi connectivity index (χ0v) is 18.8. The lowest BCUT2D eigenvalue weighted by atomic mass is 10.2. The number of carbonyl (C=O) groups is 1. The molecule has 2 N–H and O–H groups in total. The van der Waals surface area contributed by atoms with E-state index in [2.05, 4.69) is 14.7 Å². The number of aromatic amines is 1. The van der Waals surface area contributed by atoms with Gasteiger partial charge < -0.3 is 14.5 Å². The maximum absolute atomic E-state index is 12.6. The summed E-state index contributed by atoms with van der Waals surface area (Å²) in [5.41, 5.74) is 0.633. The molecule has 0 bridgehead atoms. The minimum Gasteiger partial charge on any atom is -0.495 e. The van der Waals surface area contributed by atoms with Crippen LogP contribution in [-0.4, -0.2) is 37.5 Å². The van der Waals surface area contributed by atoms with Crippen molar-refractivity contribution in [1.82, 2.24) is 14.7 Å². The SMILES string of the molecule is COc1ccc(C(=O)OCc2nc3sc(C)c(C)c3c(=O)[nH]2)cc1S(=O)(=O)NC1CC1. The van der Waals surface area contributed by atoms with Crippen LogP contribution in [0.15, 0.2) is 27.9 Å². The molecule has 1 aliphatic carbocycles. The average molecular weight is 464 g/mol. The minimum atomic E-state index is -3.84. The Labute approximate surface area is 182 Å². The Bertz CT molecular complexity index is 1340. The van der Waals surface area contributed by atoms with Crippen LogP contribution in [0.3, 0.4) is 0 Å². The summed E-state index contributed by atoms with van der Waals surface area (Å²) in [5, 5.41) is 0.533. The van der Waals surface area contributed by atoms with Crippen LogP contribution >= 0.6 is 11.3 Å². The van der Waals surface area contributed by atoms with Crippen molar-refractivity contribution in [3.05, 3.63) is 50.4 Å². The van der Waals surface area contributed by atoms with Gasteiger partial charge in [-0.05, 0) is 50.5 Å². The van der Waals surface area contributed by atoms with E-state index >= 15 is 0 Å². The zero-order chi connectivity index (χ0) is 22.3. The van der Waals surface area contributed by atoms with E-state index in [0.717, 1.165) is 23.3 Å². The molecule has 1 aromatic carbocycles. The van der Waals surface area contributed by atoms with Crippen LogP contribution in [-0.2, 0) is 21.4 Å². The van der Waals surface area contributed by atoms with Gasteiger partial charge in [-0.2, -0.15) is 0 Å². The molecular formula is C20H21N3O6S2. The third-order valence-corrected chi connectivity index (χ3v) is 7.66. The summed E-state index contributed by atoms with van der Waals surface area (Å²) in [6, 6.07) is 3.95. The highest BCUT2D eigenvalue weighted by Gasteiger charge is 2.30. The van der Waals surface area contributed by atoms with Gasteiger partial charge in [0.25, 0.3) is 5.56 Å². The number of methoxy groups -OCH3 is 1. The molecule has 9 nitrogen and oxygen atoms in total. The van der Waals surface area contributed by atoms with Crippen molar-refractivity contribution in [3.63, 3.8) is 0 Å². The molecule has 11 heteroatoms. The van der Waals surface area contributed by atoms with Crippen molar-refractivity contribution in [3.8, 4) is 5.75 Å². The molecule has 2 aromatic heterocycles. The molecule has 0 spiro atoms. The second-order valence-electron chi connectivity index (χ2n) is 7.31. The largest absolute Gasteiger partial charge is 0.495 e. The minimum absolute atomic E-state index is 0.0446. The number of hydrogen-bond donors (Lipinski definition) is 2. The predicted octanol–water partition coefficient (Wildman–Crippen LogP) is 2.41. The molecule has 1 saturated carbocycles. The van der Waals surface area contributed by atoms with Crippen molar-refractivity contribution in [2.75, 3.05) is 7.11 Å². The van der Waals surface area contributed by atoms with Crippen LogP contribution in [0.2, 0.25) is 0 Å². The third-order valence-electron chi connectivity index (χ3n) is 5.02. The van der Waals surface area contributed by atoms with Crippen LogP contribution in [0.5, 0.6) is 5.75 Å². The van der Waals surface area contributed by atoms with Gasteiger partial charge in [-0.15, -0.1) is 11.3 Å². The predicted molar refractivity (Wildman–Crippen MR) is 115 cm³/mol. The zero-order valence-electron chi connectivity index (χ0n) is 17.1. The number of carbonyl (C=O) groups excluding carboxylic acids is 1. The number of thiophene rings is 1. The molecular weight excluding hydrogens is 442 g/mol. The van der Waals surface area contributed by atoms with Crippen molar-refractivity contribution in [2.24, 2.45) is 0 Å². The molecule has 164 valence electrons. The first-order chi connectivity index (χ1) is 14.7. The average Bonchev–Trinajstić information content (AvgIpc) is 3.48. The smallest absolute Gasteiger partial charge is 0.338 e. The maximum Gasteiger partial charge on any atom is 0.338 e. The number of fused-ring (bicyclic) bond motifs is 1. The Morgan fingerprint density at radius 1 is 1.32 bits per heavy atom. The Balaban J connectivity index is 1.55. The standard InChI is InChI=1S/C20H21N3O6S2/c1-10-11(2)30-19-17(10)18(24)21-16(22-19)9-29-20(25)12-4-7-14(28-3)15(8-12)31(26,27)23-13-5-6-13/h4,7-8,13,23H,5-6,9H2,1-3H3,(H,21,22,24). The summed E-state index contributed by atoms with van der Waals surface area (Å²) in [7, 11) is -2.48. The molecule has 0 saturated heterocycles. The fourth-order valence-corrected chi connectivity index (χ4v) is 5.63. The van der Waals surface area contributed by atoms with Gasteiger partial charge in [0.15, 0.2) is 0 Å². The molecule has 0 unspecified atom stereocenters. The molecule has 0 radical (unpaired) electrons. The number of nitrogens with zero attached hydrogens (tertiary/aromatic N) is 1. The number of sulfonamides is 1. The molecule has 1 fully saturated rings. The van der Waals surface area contributed by atoms with E-state index < -0.39 is 16.0 Å². The lowest BCUT2D eigenvalue weighted by molar-refractivity contribution is 0.0462. The van der Waals surface area contributed by atoms with Crippen molar-refractivity contribution >= 4 is 37.5 Å². The van der Waals surface area contributed by atoms with Crippen LogP contribution in [0.1, 0.15) is 39.5 Å². The lowest BCUT2D eigenvalue weighted by Crippen LogP contribution is -2.26. The first-order valence-corrected chi connectivity index (χ1v) is 11.9. The second-order valence-corrected chi connectivity index (χ2v) is 10.2. The maximum atomic E-state index is 12.6. The first kappa shape index (κ1) is 21.5. The molecule has 31 heavy (non-hydrogen) atoms. The van der Waals surface area contributed by atoms with Crippen LogP contribution in [0.25, 0.3) is 10.2 Å². The molecule has 1 aliphatic rings. The number of esters is 1. The van der Waals surface area contributed by atoms with E-state index in [-0.39, 0.29) is 40.2 Å². The van der Waals surface area contributed by atoms with E-state index in [9.17, 15) is 18.0 Å². The third kappa shape index (κ3) is 4.34. The fourth-order valence-electron chi connectivity index (χ4n) is 3.08. The molecule has 0 amide bonds. The van der Waals surface area contributed by atoms with Gasteiger partial charge >= 0.3 is 5.97 Å². The Morgan fingerprint density at radius 3 is 2.74 bits per heavy atom. The van der Waals surface area contributed by atoms with Crippen LogP contribution < -0.4 is 15.0 Å². The number of ether oxygens (including phenoxy) is 2. The van der Waals surface area contributed by atoms with E-state index in [1.165, 1.54) is 36.6 Å². The fraction of sp³-hybridized carbons (Fsp3) is 0.350. The van der Waals surface area contributed by atoms with Gasteiger partial charge in [0, 0.05) is 10.9 Å². The topological polar surface area (TPSA) is 127 Å². The first-order valence-electron chi connectivity index (χ1n) is 9.56. The Kier molecular flexibility index (Phi) is 5.58. The summed E-state index contributed by atoms with van der Waals surface area (Å²) in [5.74, 6) is -0.403. The van der Waals surface area contributed by atoms with Crippen LogP contribution in [0, 0.1) is 13.8 Å². The normalized spacial score (nSPS) is 14.0. The van der Waals surface area contributed by atoms with E-state index in [4.69, 9.17) is 9.47 Å². The molecule has 0 atom stereocenters. The quantitative estimate of drug-likeness (QED) is 0.515. The lowest BCUT2D eigenvalue weighted by Gasteiger charge is -2.12. The number of benzene rings is 1. The van der Waals surface area contributed by atoms with Crippen molar-refractivity contribution in [1.29, 1.82) is 0 Å². The van der Waals surface area contributed by atoms with Gasteiger partial charge in [-0.25, -0.2) is 22.9 Å². The highest BCUT2D eigenvalue weighted by Crippen LogP contribution is 2.29. The summed E-state index contributed by atoms with van der Waals surface area (Å²) < 4.78 is 38.2. The van der Waals surface area contributed by atoms with E-state index in [1.54, 1.807) is 0 Å². The highest BCUT2D eigenvalue weighted by atomic mass is 32.2. The summed E-state index contributed by atoms with van der Waals surface area (Å²) in [6.45, 7) is 3.51. The molecule has 0 aliphatic heterocycles. The number of rotatable bonds is 7. The molecule has 2 heterocycles. The highest BCUT2D eigenvalue weighted by molar-refractivity contribution is 7.89. The van der Waals surface area contributed by atoms with Gasteiger partial charge in [0.1, 0.15) is 27.9 Å². The second kappa shape index (κ2) is 8.06. The van der Waals surface area contributed by atoms with Gasteiger partial charge in [-0.1, -0.05) is 0 Å². The van der Waals surface area contributed by atoms with E-state index in [0.29, 0.717) is 10.2 Å². The Morgan fingerprint density at radius 2 is 2.06 bits per heavy atom. The number of aromatic nitrogens is 2. The van der Waals surface area contributed by atoms with E-state index in [1.807, 2.05) is 13.8 Å². The van der Waals surface area contributed by atoms with Gasteiger partial charge in [-0.3, -0.25) is 4.79 Å². The number of nitrogens with one attached hydrogen (secondary N) is 2. The van der Waals surface area contributed by atoms with Gasteiger partial charge in [0.05, 0.1) is 18.1 Å². The van der Waals surface area contributed by atoms with Crippen molar-refractivity contribution in [2.45, 2.75) is 44.2 Å².